The second-order valence-corrected chi connectivity index (χ2v) is 10.0. The zero-order chi connectivity index (χ0) is 18.9. The molecule has 2 aliphatic carbocycles. The summed E-state index contributed by atoms with van der Waals surface area (Å²) >= 11 is 0. The molecule has 26 heavy (non-hydrogen) atoms. The molecule has 0 atom stereocenters. The Morgan fingerprint density at radius 3 is 1.35 bits per heavy atom. The topological polar surface area (TPSA) is 40.5 Å². The summed E-state index contributed by atoms with van der Waals surface area (Å²) in [6, 6.07) is 9.30. The van der Waals surface area contributed by atoms with Crippen LogP contribution in [0.2, 0.25) is 0 Å². The van der Waals surface area contributed by atoms with E-state index < -0.39 is 0 Å². The lowest BCUT2D eigenvalue weighted by molar-refractivity contribution is 0.0870. The van der Waals surface area contributed by atoms with E-state index in [9.17, 15) is 10.2 Å². The molecule has 0 amide bonds. The standard InChI is InChI=1S/C24H38O2/c1-23(2,17-8-12-21(25)13-9-17)19-6-5-7-20(16-19)24(3,4)18-10-14-22(26)15-11-18/h5-7,16-18,21-22,25-26H,8-15H2,1-4H3. The quantitative estimate of drug-likeness (QED) is 0.762. The molecule has 2 nitrogen and oxygen atoms in total. The van der Waals surface area contributed by atoms with Crippen molar-refractivity contribution in [2.45, 2.75) is 102 Å². The van der Waals surface area contributed by atoms with Gasteiger partial charge in [-0.1, -0.05) is 52.0 Å². The third-order valence-electron chi connectivity index (χ3n) is 7.79. The summed E-state index contributed by atoms with van der Waals surface area (Å²) in [4.78, 5) is 0. The van der Waals surface area contributed by atoms with Gasteiger partial charge in [0, 0.05) is 0 Å². The third kappa shape index (κ3) is 4.02. The maximum atomic E-state index is 9.86. The van der Waals surface area contributed by atoms with Crippen molar-refractivity contribution in [3.8, 4) is 0 Å². The molecular weight excluding hydrogens is 320 g/mol. The Hall–Kier alpha value is -0.860. The van der Waals surface area contributed by atoms with Gasteiger partial charge in [0.2, 0.25) is 0 Å². The fourth-order valence-corrected chi connectivity index (χ4v) is 5.39. The smallest absolute Gasteiger partial charge is 0.0540 e. The van der Waals surface area contributed by atoms with Gasteiger partial charge >= 0.3 is 0 Å². The lowest BCUT2D eigenvalue weighted by Gasteiger charge is -2.41. The van der Waals surface area contributed by atoms with Gasteiger partial charge in [0.1, 0.15) is 0 Å². The van der Waals surface area contributed by atoms with Gasteiger partial charge in [-0.3, -0.25) is 0 Å². The summed E-state index contributed by atoms with van der Waals surface area (Å²) in [5.74, 6) is 1.29. The van der Waals surface area contributed by atoms with E-state index in [2.05, 4.69) is 52.0 Å². The highest BCUT2D eigenvalue weighted by atomic mass is 16.3. The summed E-state index contributed by atoms with van der Waals surface area (Å²) in [7, 11) is 0. The van der Waals surface area contributed by atoms with Crippen LogP contribution < -0.4 is 0 Å². The molecule has 0 heterocycles. The molecule has 1 aromatic rings. The summed E-state index contributed by atoms with van der Waals surface area (Å²) in [5, 5.41) is 19.7. The summed E-state index contributed by atoms with van der Waals surface area (Å²) < 4.78 is 0. The van der Waals surface area contributed by atoms with E-state index in [4.69, 9.17) is 0 Å². The van der Waals surface area contributed by atoms with Crippen molar-refractivity contribution in [2.75, 3.05) is 0 Å². The second kappa shape index (κ2) is 7.64. The number of rotatable bonds is 4. The van der Waals surface area contributed by atoms with Crippen molar-refractivity contribution in [1.29, 1.82) is 0 Å². The molecule has 0 unspecified atom stereocenters. The Bertz CT molecular complexity index is 539. The Balaban J connectivity index is 1.81. The van der Waals surface area contributed by atoms with E-state index in [0.717, 1.165) is 51.4 Å². The van der Waals surface area contributed by atoms with Gasteiger partial charge in [0.15, 0.2) is 0 Å². The first-order chi connectivity index (χ1) is 12.2. The van der Waals surface area contributed by atoms with E-state index >= 15 is 0 Å². The van der Waals surface area contributed by atoms with E-state index in [0.29, 0.717) is 11.8 Å². The normalized spacial score (nSPS) is 31.0. The zero-order valence-corrected chi connectivity index (χ0v) is 17.2. The van der Waals surface area contributed by atoms with Gasteiger partial charge in [0.25, 0.3) is 0 Å². The molecule has 0 spiro atoms. The molecule has 0 aliphatic heterocycles. The van der Waals surface area contributed by atoms with Crippen LogP contribution in [0.5, 0.6) is 0 Å². The molecule has 2 aliphatic rings. The Labute approximate surface area is 160 Å². The Morgan fingerprint density at radius 1 is 0.654 bits per heavy atom. The molecule has 0 radical (unpaired) electrons. The number of aliphatic hydroxyl groups is 2. The largest absolute Gasteiger partial charge is 0.393 e. The first-order valence-electron chi connectivity index (χ1n) is 10.7. The first kappa shape index (κ1) is 19.9. The molecule has 3 rings (SSSR count). The number of hydrogen-bond acceptors (Lipinski definition) is 2. The number of hydrogen-bond donors (Lipinski definition) is 2. The van der Waals surface area contributed by atoms with Crippen LogP contribution in [0.3, 0.4) is 0 Å². The van der Waals surface area contributed by atoms with Crippen LogP contribution in [0.4, 0.5) is 0 Å². The average Bonchev–Trinajstić information content (AvgIpc) is 2.62. The molecule has 2 fully saturated rings. The lowest BCUT2D eigenvalue weighted by Crippen LogP contribution is -2.35. The van der Waals surface area contributed by atoms with Crippen molar-refractivity contribution < 1.29 is 10.2 Å². The molecular formula is C24H38O2. The van der Waals surface area contributed by atoms with Crippen LogP contribution >= 0.6 is 0 Å². The average molecular weight is 359 g/mol. The Morgan fingerprint density at radius 2 is 1.00 bits per heavy atom. The van der Waals surface area contributed by atoms with Crippen LogP contribution in [0, 0.1) is 11.8 Å². The molecule has 0 bridgehead atoms. The molecule has 146 valence electrons. The summed E-state index contributed by atoms with van der Waals surface area (Å²) in [5.41, 5.74) is 3.19. The molecule has 0 aromatic heterocycles. The first-order valence-corrected chi connectivity index (χ1v) is 10.7. The van der Waals surface area contributed by atoms with Gasteiger partial charge in [-0.25, -0.2) is 0 Å². The van der Waals surface area contributed by atoms with E-state index in [1.807, 2.05) is 0 Å². The maximum absolute atomic E-state index is 9.86. The number of benzene rings is 1. The summed E-state index contributed by atoms with van der Waals surface area (Å²) in [6.45, 7) is 9.55. The highest BCUT2D eigenvalue weighted by Gasteiger charge is 2.37. The van der Waals surface area contributed by atoms with E-state index in [1.165, 1.54) is 11.1 Å². The molecule has 2 heteroatoms. The van der Waals surface area contributed by atoms with Crippen LogP contribution in [-0.2, 0) is 10.8 Å². The highest BCUT2D eigenvalue weighted by molar-refractivity contribution is 5.34. The van der Waals surface area contributed by atoms with Gasteiger partial charge in [-0.05, 0) is 85.2 Å². The fraction of sp³-hybridized carbons (Fsp3) is 0.750. The van der Waals surface area contributed by atoms with Crippen LogP contribution in [-0.4, -0.2) is 22.4 Å². The SMILES string of the molecule is CC(C)(c1cccc(C(C)(C)C2CCC(O)CC2)c1)C1CCC(O)CC1. The molecule has 0 saturated heterocycles. The minimum Gasteiger partial charge on any atom is -0.393 e. The molecule has 2 saturated carbocycles. The van der Waals surface area contributed by atoms with Crippen molar-refractivity contribution in [3.05, 3.63) is 35.4 Å². The van der Waals surface area contributed by atoms with Gasteiger partial charge in [-0.15, -0.1) is 0 Å². The minimum atomic E-state index is -0.0889. The van der Waals surface area contributed by atoms with Crippen molar-refractivity contribution in [3.63, 3.8) is 0 Å². The predicted octanol–water partition coefficient (Wildman–Crippen LogP) is 5.34. The van der Waals surface area contributed by atoms with E-state index in [-0.39, 0.29) is 23.0 Å². The van der Waals surface area contributed by atoms with Crippen LogP contribution in [0.25, 0.3) is 0 Å². The lowest BCUT2D eigenvalue weighted by atomic mass is 9.64. The van der Waals surface area contributed by atoms with Gasteiger partial charge < -0.3 is 10.2 Å². The van der Waals surface area contributed by atoms with Crippen LogP contribution in [0.15, 0.2) is 24.3 Å². The van der Waals surface area contributed by atoms with Crippen molar-refractivity contribution in [1.82, 2.24) is 0 Å². The Kier molecular flexibility index (Phi) is 5.84. The third-order valence-corrected chi connectivity index (χ3v) is 7.79. The molecule has 1 aromatic carbocycles. The van der Waals surface area contributed by atoms with Crippen molar-refractivity contribution >= 4 is 0 Å². The van der Waals surface area contributed by atoms with Gasteiger partial charge in [-0.2, -0.15) is 0 Å². The van der Waals surface area contributed by atoms with E-state index in [1.54, 1.807) is 0 Å². The summed E-state index contributed by atoms with van der Waals surface area (Å²) in [6.07, 6.45) is 8.12. The molecule has 2 N–H and O–H groups in total. The van der Waals surface area contributed by atoms with Crippen LogP contribution in [0.1, 0.15) is 90.2 Å². The highest BCUT2D eigenvalue weighted by Crippen LogP contribution is 2.44. The number of aliphatic hydroxyl groups excluding tert-OH is 2. The predicted molar refractivity (Wildman–Crippen MR) is 108 cm³/mol. The monoisotopic (exact) mass is 358 g/mol. The minimum absolute atomic E-state index is 0.0889. The van der Waals surface area contributed by atoms with Gasteiger partial charge in [0.05, 0.1) is 12.2 Å². The zero-order valence-electron chi connectivity index (χ0n) is 17.2. The second-order valence-electron chi connectivity index (χ2n) is 10.0. The fourth-order valence-electron chi connectivity index (χ4n) is 5.39. The maximum Gasteiger partial charge on any atom is 0.0540 e. The van der Waals surface area contributed by atoms with Crippen molar-refractivity contribution in [2.24, 2.45) is 11.8 Å².